The Morgan fingerprint density at radius 2 is 1.74 bits per heavy atom. The minimum absolute atomic E-state index is 0.120. The third-order valence-electron chi connectivity index (χ3n) is 2.42. The van der Waals surface area contributed by atoms with Crippen molar-refractivity contribution in [3.63, 3.8) is 0 Å². The molecule has 5 heteroatoms. The molecular weight excluding hydrogens is 257 g/mol. The van der Waals surface area contributed by atoms with Crippen LogP contribution in [-0.2, 0) is 0 Å². The first-order chi connectivity index (χ1) is 9.08. The van der Waals surface area contributed by atoms with E-state index in [0.29, 0.717) is 0 Å². The minimum atomic E-state index is -2.96. The Morgan fingerprint density at radius 1 is 1.05 bits per heavy atom. The smallest absolute Gasteiger partial charge is 0.343 e. The lowest BCUT2D eigenvalue weighted by molar-refractivity contribution is 0.0732. The largest absolute Gasteiger partial charge is 0.423 e. The molecule has 0 saturated heterocycles. The highest BCUT2D eigenvalue weighted by Gasteiger charge is 2.16. The van der Waals surface area contributed by atoms with E-state index >= 15 is 0 Å². The van der Waals surface area contributed by atoms with Gasteiger partial charge in [-0.15, -0.1) is 0 Å². The third kappa shape index (κ3) is 3.13. The summed E-state index contributed by atoms with van der Waals surface area (Å²) in [5.41, 5.74) is -0.510. The highest BCUT2D eigenvalue weighted by molar-refractivity contribution is 5.90. The van der Waals surface area contributed by atoms with E-state index in [4.69, 9.17) is 4.74 Å². The molecule has 0 fully saturated rings. The number of esters is 1. The van der Waals surface area contributed by atoms with Crippen molar-refractivity contribution < 1.29 is 22.7 Å². The lowest BCUT2D eigenvalue weighted by atomic mass is 10.2. The van der Waals surface area contributed by atoms with Gasteiger partial charge < -0.3 is 4.74 Å². The Kier molecular flexibility index (Phi) is 3.85. The van der Waals surface area contributed by atoms with Crippen molar-refractivity contribution in [3.8, 4) is 5.75 Å². The summed E-state index contributed by atoms with van der Waals surface area (Å²) in [5, 5.41) is 0. The summed E-state index contributed by atoms with van der Waals surface area (Å²) in [6, 6.07) is 10.9. The lowest BCUT2D eigenvalue weighted by Gasteiger charge is -2.07. The van der Waals surface area contributed by atoms with Crippen molar-refractivity contribution in [2.75, 3.05) is 0 Å². The van der Waals surface area contributed by atoms with Gasteiger partial charge in [0.1, 0.15) is 11.6 Å². The summed E-state index contributed by atoms with van der Waals surface area (Å²) in [7, 11) is 0. The van der Waals surface area contributed by atoms with E-state index in [0.717, 1.165) is 18.2 Å². The summed E-state index contributed by atoms with van der Waals surface area (Å²) >= 11 is 0. The molecule has 0 amide bonds. The van der Waals surface area contributed by atoms with Crippen molar-refractivity contribution in [2.45, 2.75) is 6.43 Å². The zero-order chi connectivity index (χ0) is 13.8. The van der Waals surface area contributed by atoms with Crippen LogP contribution in [0.5, 0.6) is 5.75 Å². The van der Waals surface area contributed by atoms with Crippen molar-refractivity contribution in [2.24, 2.45) is 0 Å². The standard InChI is InChI=1S/C14H9F3O2/c15-12-7-6-10(8-11(12)13(16)17)19-14(18)9-4-2-1-3-5-9/h1-8,13H. The molecule has 0 N–H and O–H groups in total. The number of benzene rings is 2. The molecule has 2 aromatic carbocycles. The fraction of sp³-hybridized carbons (Fsp3) is 0.0714. The Bertz CT molecular complexity index is 582. The first kappa shape index (κ1) is 13.1. The van der Waals surface area contributed by atoms with Crippen LogP contribution in [-0.4, -0.2) is 5.97 Å². The van der Waals surface area contributed by atoms with Gasteiger partial charge in [0.2, 0.25) is 0 Å². The average molecular weight is 266 g/mol. The van der Waals surface area contributed by atoms with E-state index in [1.807, 2.05) is 0 Å². The zero-order valence-electron chi connectivity index (χ0n) is 9.65. The molecule has 0 spiro atoms. The van der Waals surface area contributed by atoms with Crippen LogP contribution in [0.15, 0.2) is 48.5 Å². The summed E-state index contributed by atoms with van der Waals surface area (Å²) in [5.74, 6) is -1.84. The van der Waals surface area contributed by atoms with Crippen LogP contribution >= 0.6 is 0 Å². The molecule has 19 heavy (non-hydrogen) atoms. The number of rotatable bonds is 3. The molecule has 0 aliphatic carbocycles. The van der Waals surface area contributed by atoms with Crippen molar-refractivity contribution in [3.05, 3.63) is 65.5 Å². The Morgan fingerprint density at radius 3 is 2.37 bits per heavy atom. The van der Waals surface area contributed by atoms with Gasteiger partial charge in [0.25, 0.3) is 6.43 Å². The topological polar surface area (TPSA) is 26.3 Å². The molecule has 2 aromatic rings. The second kappa shape index (κ2) is 5.56. The molecule has 0 unspecified atom stereocenters. The minimum Gasteiger partial charge on any atom is -0.423 e. The highest BCUT2D eigenvalue weighted by atomic mass is 19.3. The SMILES string of the molecule is O=C(Oc1ccc(F)c(C(F)F)c1)c1ccccc1. The fourth-order valence-electron chi connectivity index (χ4n) is 1.49. The maximum absolute atomic E-state index is 13.1. The van der Waals surface area contributed by atoms with Crippen LogP contribution in [0.4, 0.5) is 13.2 Å². The van der Waals surface area contributed by atoms with Gasteiger partial charge >= 0.3 is 5.97 Å². The van der Waals surface area contributed by atoms with E-state index in [1.54, 1.807) is 18.2 Å². The van der Waals surface area contributed by atoms with Crippen LogP contribution in [0.2, 0.25) is 0 Å². The van der Waals surface area contributed by atoms with Gasteiger partial charge in [-0.3, -0.25) is 0 Å². The molecule has 2 rings (SSSR count). The van der Waals surface area contributed by atoms with E-state index in [-0.39, 0.29) is 11.3 Å². The van der Waals surface area contributed by atoms with Gasteiger partial charge in [-0.1, -0.05) is 18.2 Å². The number of alkyl halides is 2. The second-order valence-corrected chi connectivity index (χ2v) is 3.74. The first-order valence-electron chi connectivity index (χ1n) is 5.43. The normalized spacial score (nSPS) is 10.5. The lowest BCUT2D eigenvalue weighted by Crippen LogP contribution is -2.08. The molecule has 98 valence electrons. The molecule has 0 atom stereocenters. The molecule has 0 aromatic heterocycles. The van der Waals surface area contributed by atoms with Crippen molar-refractivity contribution in [1.29, 1.82) is 0 Å². The molecule has 0 radical (unpaired) electrons. The summed E-state index contributed by atoms with van der Waals surface area (Å²) < 4.78 is 42.9. The van der Waals surface area contributed by atoms with Gasteiger partial charge in [-0.2, -0.15) is 0 Å². The van der Waals surface area contributed by atoms with Gasteiger partial charge in [-0.05, 0) is 30.3 Å². The Hall–Kier alpha value is -2.30. The monoisotopic (exact) mass is 266 g/mol. The quantitative estimate of drug-likeness (QED) is 0.620. The van der Waals surface area contributed by atoms with Crippen LogP contribution in [0.25, 0.3) is 0 Å². The number of carbonyl (C=O) groups is 1. The molecular formula is C14H9F3O2. The first-order valence-corrected chi connectivity index (χ1v) is 5.43. The second-order valence-electron chi connectivity index (χ2n) is 3.74. The number of hydrogen-bond acceptors (Lipinski definition) is 2. The van der Waals surface area contributed by atoms with Crippen LogP contribution in [0.1, 0.15) is 22.3 Å². The maximum Gasteiger partial charge on any atom is 0.343 e. The predicted octanol–water partition coefficient (Wildman–Crippen LogP) is 3.98. The van der Waals surface area contributed by atoms with Crippen LogP contribution in [0.3, 0.4) is 0 Å². The van der Waals surface area contributed by atoms with Gasteiger partial charge in [0.15, 0.2) is 0 Å². The molecule has 0 bridgehead atoms. The predicted molar refractivity (Wildman–Crippen MR) is 62.8 cm³/mol. The van der Waals surface area contributed by atoms with E-state index < -0.39 is 23.8 Å². The molecule has 0 saturated carbocycles. The average Bonchev–Trinajstić information content (AvgIpc) is 2.41. The van der Waals surface area contributed by atoms with E-state index in [9.17, 15) is 18.0 Å². The number of carbonyl (C=O) groups excluding carboxylic acids is 1. The number of hydrogen-bond donors (Lipinski definition) is 0. The molecule has 0 aliphatic heterocycles. The summed E-state index contributed by atoms with van der Waals surface area (Å²) in [6.45, 7) is 0. The molecule has 0 heterocycles. The van der Waals surface area contributed by atoms with Crippen molar-refractivity contribution in [1.82, 2.24) is 0 Å². The Labute approximate surface area is 107 Å². The molecule has 2 nitrogen and oxygen atoms in total. The zero-order valence-corrected chi connectivity index (χ0v) is 9.65. The Balaban J connectivity index is 2.20. The maximum atomic E-state index is 13.1. The van der Waals surface area contributed by atoms with Gasteiger partial charge in [-0.25, -0.2) is 18.0 Å². The van der Waals surface area contributed by atoms with Gasteiger partial charge in [0.05, 0.1) is 11.1 Å². The van der Waals surface area contributed by atoms with E-state index in [2.05, 4.69) is 0 Å². The van der Waals surface area contributed by atoms with Crippen LogP contribution in [0, 0.1) is 5.82 Å². The third-order valence-corrected chi connectivity index (χ3v) is 2.42. The fourth-order valence-corrected chi connectivity index (χ4v) is 1.49. The number of ether oxygens (including phenoxy) is 1. The summed E-state index contributed by atoms with van der Waals surface area (Å²) in [4.78, 5) is 11.7. The van der Waals surface area contributed by atoms with Crippen molar-refractivity contribution >= 4 is 5.97 Å². The van der Waals surface area contributed by atoms with Gasteiger partial charge in [0, 0.05) is 0 Å². The van der Waals surface area contributed by atoms with E-state index in [1.165, 1.54) is 12.1 Å². The number of halogens is 3. The van der Waals surface area contributed by atoms with Crippen LogP contribution < -0.4 is 4.74 Å². The highest BCUT2D eigenvalue weighted by Crippen LogP contribution is 2.26. The molecule has 0 aliphatic rings. The summed E-state index contributed by atoms with van der Waals surface area (Å²) in [6.07, 6.45) is -2.96.